The van der Waals surface area contributed by atoms with Crippen molar-refractivity contribution in [3.63, 3.8) is 0 Å². The first-order valence-electron chi connectivity index (χ1n) is 7.93. The maximum atomic E-state index is 13.1. The number of hydrogen-bond donors (Lipinski definition) is 1. The lowest BCUT2D eigenvalue weighted by Crippen LogP contribution is -2.54. The fourth-order valence-electron chi connectivity index (χ4n) is 2.74. The van der Waals surface area contributed by atoms with Crippen LogP contribution in [0.5, 0.6) is 0 Å². The number of piperidine rings is 1. The van der Waals surface area contributed by atoms with Crippen molar-refractivity contribution in [3.05, 3.63) is 30.1 Å². The van der Waals surface area contributed by atoms with Crippen molar-refractivity contribution < 1.29 is 27.1 Å². The molecular weight excluding hydrogens is 351 g/mol. The molecule has 1 N–H and O–H groups in total. The van der Waals surface area contributed by atoms with Crippen LogP contribution in [0.15, 0.2) is 29.2 Å². The highest BCUT2D eigenvalue weighted by molar-refractivity contribution is 7.89. The molecule has 1 aromatic carbocycles. The van der Waals surface area contributed by atoms with Crippen molar-refractivity contribution in [2.45, 2.75) is 43.2 Å². The number of rotatable bonds is 5. The number of esters is 1. The molecule has 0 spiro atoms. The second kappa shape index (κ2) is 7.92. The van der Waals surface area contributed by atoms with E-state index in [2.05, 4.69) is 10.1 Å². The standard InChI is InChI=1S/C16H21FN2O5S/c1-11(16(21)24-2)18-15(20)14-5-3-4-10-19(14)25(22,23)13-8-6-12(17)7-9-13/h6-9,11,14H,3-5,10H2,1-2H3,(H,18,20)/t11-,14-/m0/s1. The van der Waals surface area contributed by atoms with E-state index < -0.39 is 39.8 Å². The predicted octanol–water partition coefficient (Wildman–Crippen LogP) is 1.05. The van der Waals surface area contributed by atoms with E-state index in [0.29, 0.717) is 19.3 Å². The van der Waals surface area contributed by atoms with Gasteiger partial charge in [0, 0.05) is 6.54 Å². The molecule has 0 bridgehead atoms. The van der Waals surface area contributed by atoms with Crippen molar-refractivity contribution in [3.8, 4) is 0 Å². The summed E-state index contributed by atoms with van der Waals surface area (Å²) in [6.45, 7) is 1.65. The molecule has 7 nitrogen and oxygen atoms in total. The van der Waals surface area contributed by atoms with E-state index in [1.165, 1.54) is 26.2 Å². The van der Waals surface area contributed by atoms with E-state index in [9.17, 15) is 22.4 Å². The molecule has 2 atom stereocenters. The van der Waals surface area contributed by atoms with Crippen LogP contribution in [0.1, 0.15) is 26.2 Å². The first-order chi connectivity index (χ1) is 11.8. The largest absolute Gasteiger partial charge is 0.467 e. The highest BCUT2D eigenvalue weighted by atomic mass is 32.2. The Balaban J connectivity index is 2.23. The van der Waals surface area contributed by atoms with E-state index >= 15 is 0 Å². The van der Waals surface area contributed by atoms with Crippen LogP contribution >= 0.6 is 0 Å². The molecule has 0 unspecified atom stereocenters. The SMILES string of the molecule is COC(=O)[C@H](C)NC(=O)[C@@H]1CCCCN1S(=O)(=O)c1ccc(F)cc1. The predicted molar refractivity (Wildman–Crippen MR) is 87.6 cm³/mol. The summed E-state index contributed by atoms with van der Waals surface area (Å²) in [6.07, 6.45) is 1.66. The van der Waals surface area contributed by atoms with Crippen molar-refractivity contribution in [1.82, 2.24) is 9.62 Å². The molecule has 0 aliphatic carbocycles. The molecule has 0 radical (unpaired) electrons. The number of methoxy groups -OCH3 is 1. The minimum Gasteiger partial charge on any atom is -0.467 e. The molecule has 1 fully saturated rings. The van der Waals surface area contributed by atoms with Crippen LogP contribution in [0.3, 0.4) is 0 Å². The quantitative estimate of drug-likeness (QED) is 0.780. The highest BCUT2D eigenvalue weighted by Crippen LogP contribution is 2.25. The highest BCUT2D eigenvalue weighted by Gasteiger charge is 2.38. The van der Waals surface area contributed by atoms with E-state index in [0.717, 1.165) is 16.4 Å². The zero-order valence-electron chi connectivity index (χ0n) is 14.1. The van der Waals surface area contributed by atoms with Gasteiger partial charge < -0.3 is 10.1 Å². The number of nitrogens with zero attached hydrogens (tertiary/aromatic N) is 1. The molecular formula is C16H21FN2O5S. The van der Waals surface area contributed by atoms with Gasteiger partial charge in [-0.2, -0.15) is 4.31 Å². The molecule has 1 aromatic rings. The number of hydrogen-bond acceptors (Lipinski definition) is 5. The minimum atomic E-state index is -3.94. The van der Waals surface area contributed by atoms with Gasteiger partial charge in [0.05, 0.1) is 12.0 Å². The van der Waals surface area contributed by atoms with Gasteiger partial charge in [-0.25, -0.2) is 17.6 Å². The third-order valence-electron chi connectivity index (χ3n) is 4.09. The zero-order chi connectivity index (χ0) is 18.6. The second-order valence-electron chi connectivity index (χ2n) is 5.83. The average molecular weight is 372 g/mol. The molecule has 1 amide bonds. The number of amides is 1. The number of nitrogens with one attached hydrogen (secondary N) is 1. The number of carbonyl (C=O) groups is 2. The van der Waals surface area contributed by atoms with Gasteiger partial charge >= 0.3 is 5.97 Å². The Morgan fingerprint density at radius 2 is 1.92 bits per heavy atom. The fraction of sp³-hybridized carbons (Fsp3) is 0.500. The van der Waals surface area contributed by atoms with Gasteiger partial charge in [0.15, 0.2) is 0 Å². The lowest BCUT2D eigenvalue weighted by molar-refractivity contribution is -0.145. The summed E-state index contributed by atoms with van der Waals surface area (Å²) < 4.78 is 44.4. The summed E-state index contributed by atoms with van der Waals surface area (Å²) >= 11 is 0. The lowest BCUT2D eigenvalue weighted by atomic mass is 10.0. The lowest BCUT2D eigenvalue weighted by Gasteiger charge is -2.34. The van der Waals surface area contributed by atoms with E-state index in [-0.39, 0.29) is 11.4 Å². The molecule has 9 heteroatoms. The van der Waals surface area contributed by atoms with Gasteiger partial charge in [-0.15, -0.1) is 0 Å². The first kappa shape index (κ1) is 19.3. The van der Waals surface area contributed by atoms with Gasteiger partial charge in [0.2, 0.25) is 15.9 Å². The Kier molecular flexibility index (Phi) is 6.12. The number of benzene rings is 1. The average Bonchev–Trinajstić information content (AvgIpc) is 2.61. The first-order valence-corrected chi connectivity index (χ1v) is 9.37. The van der Waals surface area contributed by atoms with Gasteiger partial charge in [-0.05, 0) is 44.0 Å². The summed E-state index contributed by atoms with van der Waals surface area (Å²) in [4.78, 5) is 23.9. The number of sulfonamides is 1. The number of carbonyl (C=O) groups excluding carboxylic acids is 2. The van der Waals surface area contributed by atoms with Crippen LogP contribution in [0.25, 0.3) is 0 Å². The van der Waals surface area contributed by atoms with Gasteiger partial charge in [0.25, 0.3) is 0 Å². The maximum Gasteiger partial charge on any atom is 0.328 e. The summed E-state index contributed by atoms with van der Waals surface area (Å²) in [7, 11) is -2.74. The van der Waals surface area contributed by atoms with E-state index in [4.69, 9.17) is 0 Å². The Morgan fingerprint density at radius 1 is 1.28 bits per heavy atom. The molecule has 1 aliphatic heterocycles. The summed E-state index contributed by atoms with van der Waals surface area (Å²) in [5, 5.41) is 2.48. The smallest absolute Gasteiger partial charge is 0.328 e. The molecule has 2 rings (SSSR count). The third kappa shape index (κ3) is 4.35. The van der Waals surface area contributed by atoms with Gasteiger partial charge in [-0.3, -0.25) is 4.79 Å². The Hall–Kier alpha value is -2.00. The molecule has 25 heavy (non-hydrogen) atoms. The van der Waals surface area contributed by atoms with E-state index in [1.807, 2.05) is 0 Å². The molecule has 1 saturated heterocycles. The van der Waals surface area contributed by atoms with Crippen molar-refractivity contribution in [2.24, 2.45) is 0 Å². The monoisotopic (exact) mass is 372 g/mol. The number of halogens is 1. The Bertz CT molecular complexity index is 735. The minimum absolute atomic E-state index is 0.0744. The van der Waals surface area contributed by atoms with Crippen LogP contribution in [0.2, 0.25) is 0 Å². The normalized spacial score (nSPS) is 19.9. The van der Waals surface area contributed by atoms with Crippen molar-refractivity contribution in [2.75, 3.05) is 13.7 Å². The molecule has 0 aromatic heterocycles. The van der Waals surface area contributed by atoms with Crippen LogP contribution in [-0.2, 0) is 24.3 Å². The Morgan fingerprint density at radius 3 is 2.52 bits per heavy atom. The van der Waals surface area contributed by atoms with Crippen molar-refractivity contribution >= 4 is 21.9 Å². The Labute approximate surface area is 146 Å². The summed E-state index contributed by atoms with van der Waals surface area (Å²) in [5.74, 6) is -1.71. The van der Waals surface area contributed by atoms with Crippen LogP contribution < -0.4 is 5.32 Å². The zero-order valence-corrected chi connectivity index (χ0v) is 14.9. The second-order valence-corrected chi connectivity index (χ2v) is 7.73. The summed E-state index contributed by atoms with van der Waals surface area (Å²) in [5.41, 5.74) is 0. The molecule has 138 valence electrons. The van der Waals surface area contributed by atoms with Crippen LogP contribution in [0.4, 0.5) is 4.39 Å². The molecule has 0 saturated carbocycles. The fourth-order valence-corrected chi connectivity index (χ4v) is 4.40. The van der Waals surface area contributed by atoms with E-state index in [1.54, 1.807) is 0 Å². The van der Waals surface area contributed by atoms with Crippen LogP contribution in [-0.4, -0.2) is 50.3 Å². The van der Waals surface area contributed by atoms with Crippen LogP contribution in [0, 0.1) is 5.82 Å². The topological polar surface area (TPSA) is 92.8 Å². The van der Waals surface area contributed by atoms with Crippen molar-refractivity contribution in [1.29, 1.82) is 0 Å². The van der Waals surface area contributed by atoms with Gasteiger partial charge in [-0.1, -0.05) is 6.42 Å². The summed E-state index contributed by atoms with van der Waals surface area (Å²) in [6, 6.07) is 2.67. The third-order valence-corrected chi connectivity index (χ3v) is 6.01. The maximum absolute atomic E-state index is 13.1. The molecule has 1 aliphatic rings. The number of ether oxygens (including phenoxy) is 1. The molecule has 1 heterocycles. The van der Waals surface area contributed by atoms with Gasteiger partial charge in [0.1, 0.15) is 17.9 Å².